The maximum atomic E-state index is 6.06. The van der Waals surface area contributed by atoms with Gasteiger partial charge in [0, 0.05) is 18.0 Å². The first-order valence-corrected chi connectivity index (χ1v) is 6.72. The normalized spacial score (nSPS) is 26.8. The summed E-state index contributed by atoms with van der Waals surface area (Å²) in [5, 5.41) is 0. The first-order chi connectivity index (χ1) is 8.86. The van der Waals surface area contributed by atoms with Crippen LogP contribution in [-0.2, 0) is 4.74 Å². The van der Waals surface area contributed by atoms with Gasteiger partial charge >= 0.3 is 0 Å². The van der Waals surface area contributed by atoms with Gasteiger partial charge in [0.05, 0.1) is 7.11 Å². The van der Waals surface area contributed by atoms with Crippen LogP contribution in [0.15, 0.2) is 29.3 Å². The number of ether oxygens (including phenoxy) is 2. The molecule has 2 atom stereocenters. The van der Waals surface area contributed by atoms with E-state index in [2.05, 4.69) is 4.99 Å². The molecule has 0 amide bonds. The third-order valence-electron chi connectivity index (χ3n) is 3.91. The largest absolute Gasteiger partial charge is 0.497 e. The fourth-order valence-electron chi connectivity index (χ4n) is 2.81. The number of hydrogen-bond acceptors (Lipinski definition) is 3. The van der Waals surface area contributed by atoms with Gasteiger partial charge in [0.2, 0.25) is 5.90 Å². The van der Waals surface area contributed by atoms with Gasteiger partial charge < -0.3 is 9.47 Å². The molecule has 1 aliphatic carbocycles. The van der Waals surface area contributed by atoms with Crippen molar-refractivity contribution < 1.29 is 9.47 Å². The third-order valence-corrected chi connectivity index (χ3v) is 3.91. The second-order valence-corrected chi connectivity index (χ2v) is 5.08. The van der Waals surface area contributed by atoms with E-state index in [0.717, 1.165) is 23.8 Å². The molecule has 0 spiro atoms. The molecular weight excluding hydrogens is 226 g/mol. The summed E-state index contributed by atoms with van der Waals surface area (Å²) in [5.41, 5.74) is 1.06. The Bertz CT molecular complexity index is 438. The summed E-state index contributed by atoms with van der Waals surface area (Å²) in [5.74, 6) is 2.31. The van der Waals surface area contributed by atoms with Gasteiger partial charge in [-0.1, -0.05) is 6.42 Å². The fraction of sp³-hybridized carbons (Fsp3) is 0.533. The van der Waals surface area contributed by atoms with Crippen molar-refractivity contribution in [1.29, 1.82) is 0 Å². The number of aliphatic imine (C=N–C) groups is 1. The molecule has 96 valence electrons. The highest BCUT2D eigenvalue weighted by Gasteiger charge is 2.31. The third kappa shape index (κ3) is 2.22. The molecule has 3 nitrogen and oxygen atoms in total. The van der Waals surface area contributed by atoms with Crippen LogP contribution in [0.4, 0.5) is 0 Å². The lowest BCUT2D eigenvalue weighted by molar-refractivity contribution is 0.0729. The minimum atomic E-state index is 0.383. The number of methoxy groups -OCH3 is 1. The van der Waals surface area contributed by atoms with Crippen molar-refractivity contribution in [2.24, 2.45) is 10.9 Å². The first kappa shape index (κ1) is 11.6. The summed E-state index contributed by atoms with van der Waals surface area (Å²) in [4.78, 5) is 4.59. The Hall–Kier alpha value is -1.51. The quantitative estimate of drug-likeness (QED) is 0.802. The number of benzene rings is 1. The maximum Gasteiger partial charge on any atom is 0.216 e. The topological polar surface area (TPSA) is 30.8 Å². The summed E-state index contributed by atoms with van der Waals surface area (Å²) in [6.45, 7) is 0.923. The van der Waals surface area contributed by atoms with Crippen LogP contribution in [0, 0.1) is 5.92 Å². The number of nitrogens with zero attached hydrogens (tertiary/aromatic N) is 1. The lowest BCUT2D eigenvalue weighted by Gasteiger charge is -2.34. The molecule has 1 saturated carbocycles. The van der Waals surface area contributed by atoms with E-state index in [1.807, 2.05) is 24.3 Å². The second kappa shape index (κ2) is 5.01. The number of fused-ring (bicyclic) bond motifs is 1. The van der Waals surface area contributed by atoms with Gasteiger partial charge in [0.1, 0.15) is 11.9 Å². The van der Waals surface area contributed by atoms with Gasteiger partial charge in [-0.15, -0.1) is 0 Å². The van der Waals surface area contributed by atoms with E-state index in [-0.39, 0.29) is 0 Å². The van der Waals surface area contributed by atoms with E-state index in [1.54, 1.807) is 7.11 Å². The van der Waals surface area contributed by atoms with Crippen molar-refractivity contribution in [3.63, 3.8) is 0 Å². The van der Waals surface area contributed by atoms with Crippen LogP contribution in [0.25, 0.3) is 0 Å². The van der Waals surface area contributed by atoms with E-state index in [4.69, 9.17) is 9.47 Å². The standard InChI is InChI=1S/C15H19NO2/c1-17-13-8-6-11(7-9-13)15-16-10-12-4-2-3-5-14(12)18-15/h6-9,12,14H,2-5,10H2,1H3/t12-,14-/m0/s1. The van der Waals surface area contributed by atoms with Crippen LogP contribution in [0.1, 0.15) is 31.2 Å². The van der Waals surface area contributed by atoms with Gasteiger partial charge in [0.25, 0.3) is 0 Å². The van der Waals surface area contributed by atoms with Crippen LogP contribution in [-0.4, -0.2) is 25.7 Å². The molecule has 0 N–H and O–H groups in total. The van der Waals surface area contributed by atoms with E-state index in [1.165, 1.54) is 25.7 Å². The lowest BCUT2D eigenvalue weighted by Crippen LogP contribution is -2.36. The van der Waals surface area contributed by atoms with Crippen molar-refractivity contribution >= 4 is 5.90 Å². The number of hydrogen-bond donors (Lipinski definition) is 0. The molecule has 0 aromatic heterocycles. The fourth-order valence-corrected chi connectivity index (χ4v) is 2.81. The zero-order chi connectivity index (χ0) is 12.4. The Labute approximate surface area is 108 Å². The highest BCUT2D eigenvalue weighted by molar-refractivity contribution is 5.94. The van der Waals surface area contributed by atoms with E-state index in [9.17, 15) is 0 Å². The van der Waals surface area contributed by atoms with E-state index >= 15 is 0 Å². The van der Waals surface area contributed by atoms with Crippen LogP contribution in [0.2, 0.25) is 0 Å². The van der Waals surface area contributed by atoms with Crippen molar-refractivity contribution in [3.8, 4) is 5.75 Å². The van der Waals surface area contributed by atoms with Crippen LogP contribution >= 0.6 is 0 Å². The second-order valence-electron chi connectivity index (χ2n) is 5.08. The van der Waals surface area contributed by atoms with Gasteiger partial charge in [-0.2, -0.15) is 0 Å². The van der Waals surface area contributed by atoms with Gasteiger partial charge in [0.15, 0.2) is 0 Å². The smallest absolute Gasteiger partial charge is 0.216 e. The van der Waals surface area contributed by atoms with Crippen LogP contribution in [0.3, 0.4) is 0 Å². The molecule has 1 aromatic carbocycles. The molecule has 2 aliphatic rings. The Morgan fingerprint density at radius 1 is 1.17 bits per heavy atom. The lowest BCUT2D eigenvalue weighted by atomic mass is 9.86. The van der Waals surface area contributed by atoms with Gasteiger partial charge in [-0.3, -0.25) is 4.99 Å². The Morgan fingerprint density at radius 3 is 2.72 bits per heavy atom. The summed E-state index contributed by atoms with van der Waals surface area (Å²) < 4.78 is 11.2. The Morgan fingerprint density at radius 2 is 1.94 bits per heavy atom. The minimum absolute atomic E-state index is 0.383. The molecule has 1 aromatic rings. The van der Waals surface area contributed by atoms with Crippen LogP contribution in [0.5, 0.6) is 5.75 Å². The molecule has 3 heteroatoms. The monoisotopic (exact) mass is 245 g/mol. The maximum absolute atomic E-state index is 6.06. The van der Waals surface area contributed by atoms with Gasteiger partial charge in [-0.25, -0.2) is 0 Å². The number of rotatable bonds is 2. The molecular formula is C15H19NO2. The predicted molar refractivity (Wildman–Crippen MR) is 71.2 cm³/mol. The van der Waals surface area contributed by atoms with Crippen molar-refractivity contribution in [1.82, 2.24) is 0 Å². The Kier molecular flexibility index (Phi) is 3.22. The molecule has 0 unspecified atom stereocenters. The van der Waals surface area contributed by atoms with Crippen molar-refractivity contribution in [2.45, 2.75) is 31.8 Å². The average Bonchev–Trinajstić information content (AvgIpc) is 2.47. The molecule has 1 fully saturated rings. The molecule has 0 bridgehead atoms. The molecule has 1 aliphatic heterocycles. The molecule has 1 heterocycles. The molecule has 3 rings (SSSR count). The highest BCUT2D eigenvalue weighted by atomic mass is 16.5. The van der Waals surface area contributed by atoms with E-state index in [0.29, 0.717) is 12.0 Å². The first-order valence-electron chi connectivity index (χ1n) is 6.72. The molecule has 18 heavy (non-hydrogen) atoms. The van der Waals surface area contributed by atoms with Crippen LogP contribution < -0.4 is 4.74 Å². The van der Waals surface area contributed by atoms with Gasteiger partial charge in [-0.05, 0) is 43.5 Å². The Balaban J connectivity index is 1.77. The highest BCUT2D eigenvalue weighted by Crippen LogP contribution is 2.31. The summed E-state index contributed by atoms with van der Waals surface area (Å²) in [6, 6.07) is 7.93. The summed E-state index contributed by atoms with van der Waals surface area (Å²) in [6.07, 6.45) is 5.45. The summed E-state index contributed by atoms with van der Waals surface area (Å²) in [7, 11) is 1.68. The zero-order valence-corrected chi connectivity index (χ0v) is 10.8. The zero-order valence-electron chi connectivity index (χ0n) is 10.8. The SMILES string of the molecule is COc1ccc(C2=NC[C@@H]3CCCC[C@@H]3O2)cc1. The molecule has 0 radical (unpaired) electrons. The van der Waals surface area contributed by atoms with Crippen molar-refractivity contribution in [2.75, 3.05) is 13.7 Å². The molecule has 0 saturated heterocycles. The van der Waals surface area contributed by atoms with E-state index < -0.39 is 0 Å². The average molecular weight is 245 g/mol. The van der Waals surface area contributed by atoms with Crippen molar-refractivity contribution in [3.05, 3.63) is 29.8 Å². The predicted octanol–water partition coefficient (Wildman–Crippen LogP) is 3.03. The summed E-state index contributed by atoms with van der Waals surface area (Å²) >= 11 is 0. The minimum Gasteiger partial charge on any atom is -0.497 e.